The summed E-state index contributed by atoms with van der Waals surface area (Å²) in [6, 6.07) is -0.0622. The zero-order valence-corrected chi connectivity index (χ0v) is 9.88. The maximum atomic E-state index is 11.4. The molecular weight excluding hydrogens is 240 g/mol. The number of hydrogen-bond donors (Lipinski definition) is 2. The van der Waals surface area contributed by atoms with Crippen LogP contribution in [-0.4, -0.2) is 38.2 Å². The summed E-state index contributed by atoms with van der Waals surface area (Å²) in [6.07, 6.45) is 1.23. The summed E-state index contributed by atoms with van der Waals surface area (Å²) in [5.74, 6) is -0.0626. The number of hydrogen-bond acceptors (Lipinski definition) is 8. The van der Waals surface area contributed by atoms with E-state index in [9.17, 15) is 4.79 Å². The van der Waals surface area contributed by atoms with Crippen LogP contribution in [0.2, 0.25) is 0 Å². The van der Waals surface area contributed by atoms with Gasteiger partial charge in [-0.2, -0.15) is 10.2 Å². The SMILES string of the molecule is CCOC(=O)c1coc(NC(C)c2nn[nH]n2)n1. The van der Waals surface area contributed by atoms with E-state index >= 15 is 0 Å². The van der Waals surface area contributed by atoms with E-state index in [1.54, 1.807) is 13.8 Å². The number of nitrogens with one attached hydrogen (secondary N) is 2. The van der Waals surface area contributed by atoms with Gasteiger partial charge in [0.05, 0.1) is 12.6 Å². The van der Waals surface area contributed by atoms with Gasteiger partial charge in [0, 0.05) is 0 Å². The van der Waals surface area contributed by atoms with Crippen LogP contribution < -0.4 is 5.32 Å². The van der Waals surface area contributed by atoms with Gasteiger partial charge < -0.3 is 14.5 Å². The number of anilines is 1. The number of aromatic amines is 1. The maximum Gasteiger partial charge on any atom is 0.360 e. The highest BCUT2D eigenvalue weighted by molar-refractivity contribution is 5.87. The van der Waals surface area contributed by atoms with Crippen molar-refractivity contribution in [2.45, 2.75) is 19.9 Å². The van der Waals surface area contributed by atoms with Crippen LogP contribution in [0.4, 0.5) is 6.01 Å². The molecule has 0 saturated carbocycles. The van der Waals surface area contributed by atoms with Crippen molar-refractivity contribution in [3.63, 3.8) is 0 Å². The minimum Gasteiger partial charge on any atom is -0.461 e. The highest BCUT2D eigenvalue weighted by Gasteiger charge is 2.16. The van der Waals surface area contributed by atoms with Gasteiger partial charge in [-0.3, -0.25) is 0 Å². The molecular formula is C9H12N6O3. The molecule has 0 radical (unpaired) electrons. The van der Waals surface area contributed by atoms with Crippen molar-refractivity contribution >= 4 is 12.0 Å². The third-order valence-corrected chi connectivity index (χ3v) is 2.08. The second-order valence-corrected chi connectivity index (χ2v) is 3.39. The number of tetrazole rings is 1. The largest absolute Gasteiger partial charge is 0.461 e. The number of oxazole rings is 1. The van der Waals surface area contributed by atoms with Gasteiger partial charge in [-0.25, -0.2) is 4.79 Å². The molecule has 2 aromatic heterocycles. The number of ether oxygens (including phenoxy) is 1. The molecule has 0 fully saturated rings. The van der Waals surface area contributed by atoms with Crippen molar-refractivity contribution < 1.29 is 13.9 Å². The molecule has 0 aromatic carbocycles. The first-order chi connectivity index (χ1) is 8.70. The molecule has 0 aliphatic rings. The van der Waals surface area contributed by atoms with E-state index in [1.165, 1.54) is 6.26 Å². The molecule has 2 aromatic rings. The van der Waals surface area contributed by atoms with Crippen LogP contribution in [0.5, 0.6) is 0 Å². The summed E-state index contributed by atoms with van der Waals surface area (Å²) in [6.45, 7) is 3.81. The Hall–Kier alpha value is -2.45. The van der Waals surface area contributed by atoms with E-state index in [-0.39, 0.29) is 24.4 Å². The lowest BCUT2D eigenvalue weighted by Crippen LogP contribution is -2.10. The second-order valence-electron chi connectivity index (χ2n) is 3.39. The number of carbonyl (C=O) groups excluding carboxylic acids is 1. The van der Waals surface area contributed by atoms with Gasteiger partial charge in [0.2, 0.25) is 0 Å². The number of H-pyrrole nitrogens is 1. The van der Waals surface area contributed by atoms with Crippen molar-refractivity contribution in [1.82, 2.24) is 25.6 Å². The Morgan fingerprint density at radius 2 is 2.50 bits per heavy atom. The molecule has 0 amide bonds. The number of aromatic nitrogens is 5. The monoisotopic (exact) mass is 252 g/mol. The highest BCUT2D eigenvalue weighted by atomic mass is 16.5. The van der Waals surface area contributed by atoms with Crippen LogP contribution in [0.25, 0.3) is 0 Å². The van der Waals surface area contributed by atoms with Crippen molar-refractivity contribution in [1.29, 1.82) is 0 Å². The molecule has 1 unspecified atom stereocenters. The van der Waals surface area contributed by atoms with Gasteiger partial charge in [0.15, 0.2) is 11.5 Å². The molecule has 0 aliphatic heterocycles. The molecule has 96 valence electrons. The van der Waals surface area contributed by atoms with Crippen LogP contribution in [0.3, 0.4) is 0 Å². The van der Waals surface area contributed by atoms with Crippen LogP contribution in [0.15, 0.2) is 10.7 Å². The van der Waals surface area contributed by atoms with Crippen LogP contribution in [0.1, 0.15) is 36.2 Å². The van der Waals surface area contributed by atoms with E-state index < -0.39 is 5.97 Å². The van der Waals surface area contributed by atoms with E-state index in [0.717, 1.165) is 0 Å². The van der Waals surface area contributed by atoms with Crippen molar-refractivity contribution in [3.8, 4) is 0 Å². The molecule has 0 spiro atoms. The zero-order valence-electron chi connectivity index (χ0n) is 9.88. The molecule has 0 saturated heterocycles. The average molecular weight is 252 g/mol. The van der Waals surface area contributed by atoms with Crippen LogP contribution in [-0.2, 0) is 4.74 Å². The minimum atomic E-state index is -0.526. The molecule has 18 heavy (non-hydrogen) atoms. The molecule has 0 aliphatic carbocycles. The van der Waals surface area contributed by atoms with Crippen LogP contribution in [0, 0.1) is 0 Å². The summed E-state index contributed by atoms with van der Waals surface area (Å²) >= 11 is 0. The van der Waals surface area contributed by atoms with Crippen LogP contribution >= 0.6 is 0 Å². The number of rotatable bonds is 5. The third-order valence-electron chi connectivity index (χ3n) is 2.08. The summed E-state index contributed by atoms with van der Waals surface area (Å²) in [7, 11) is 0. The summed E-state index contributed by atoms with van der Waals surface area (Å²) in [5, 5.41) is 16.3. The van der Waals surface area contributed by atoms with Crippen molar-refractivity contribution in [3.05, 3.63) is 17.8 Å². The first-order valence-electron chi connectivity index (χ1n) is 5.33. The first-order valence-corrected chi connectivity index (χ1v) is 5.33. The van der Waals surface area contributed by atoms with Gasteiger partial charge in [-0.05, 0) is 13.8 Å². The quantitative estimate of drug-likeness (QED) is 0.740. The highest BCUT2D eigenvalue weighted by Crippen LogP contribution is 2.15. The Kier molecular flexibility index (Phi) is 3.51. The topological polar surface area (TPSA) is 119 Å². The molecule has 9 heteroatoms. The molecule has 0 bridgehead atoms. The Morgan fingerprint density at radius 3 is 3.17 bits per heavy atom. The first kappa shape index (κ1) is 12.0. The number of nitrogens with zero attached hydrogens (tertiary/aromatic N) is 4. The Morgan fingerprint density at radius 1 is 1.67 bits per heavy atom. The fourth-order valence-electron chi connectivity index (χ4n) is 1.24. The predicted molar refractivity (Wildman–Crippen MR) is 58.7 cm³/mol. The summed E-state index contributed by atoms with van der Waals surface area (Å²) < 4.78 is 9.88. The smallest absolute Gasteiger partial charge is 0.360 e. The lowest BCUT2D eigenvalue weighted by molar-refractivity contribution is 0.0519. The van der Waals surface area contributed by atoms with E-state index in [4.69, 9.17) is 9.15 Å². The molecule has 2 heterocycles. The number of carbonyl (C=O) groups is 1. The fourth-order valence-corrected chi connectivity index (χ4v) is 1.24. The Balaban J connectivity index is 2.00. The summed E-state index contributed by atoms with van der Waals surface area (Å²) in [4.78, 5) is 15.3. The van der Waals surface area contributed by atoms with E-state index in [0.29, 0.717) is 5.82 Å². The van der Waals surface area contributed by atoms with E-state index in [1.807, 2.05) is 0 Å². The van der Waals surface area contributed by atoms with Gasteiger partial charge in [0.1, 0.15) is 6.26 Å². The maximum absolute atomic E-state index is 11.4. The fraction of sp³-hybridized carbons (Fsp3) is 0.444. The van der Waals surface area contributed by atoms with Crippen molar-refractivity contribution in [2.24, 2.45) is 0 Å². The van der Waals surface area contributed by atoms with E-state index in [2.05, 4.69) is 30.9 Å². The minimum absolute atomic E-state index is 0.111. The standard InChI is InChI=1S/C9H12N6O3/c1-3-17-8(16)6-4-18-9(11-6)10-5(2)7-12-14-15-13-7/h4-5H,3H2,1-2H3,(H,10,11)(H,12,13,14,15). The molecule has 2 N–H and O–H groups in total. The van der Waals surface area contributed by atoms with Crippen molar-refractivity contribution in [2.75, 3.05) is 11.9 Å². The predicted octanol–water partition coefficient (Wildman–Crippen LogP) is 0.537. The van der Waals surface area contributed by atoms with Gasteiger partial charge in [-0.15, -0.1) is 10.2 Å². The normalized spacial score (nSPS) is 12.1. The van der Waals surface area contributed by atoms with Gasteiger partial charge in [-0.1, -0.05) is 5.21 Å². The second kappa shape index (κ2) is 5.25. The summed E-state index contributed by atoms with van der Waals surface area (Å²) in [5.41, 5.74) is 0.111. The third kappa shape index (κ3) is 2.62. The molecule has 2 rings (SSSR count). The Bertz CT molecular complexity index is 508. The molecule has 1 atom stereocenters. The lowest BCUT2D eigenvalue weighted by Gasteiger charge is -2.05. The lowest BCUT2D eigenvalue weighted by atomic mass is 10.3. The van der Waals surface area contributed by atoms with Gasteiger partial charge >= 0.3 is 5.97 Å². The average Bonchev–Trinajstić information content (AvgIpc) is 2.99. The molecule has 9 nitrogen and oxygen atoms in total. The Labute approximate surface area is 102 Å². The number of esters is 1. The zero-order chi connectivity index (χ0) is 13.0. The van der Waals surface area contributed by atoms with Gasteiger partial charge in [0.25, 0.3) is 6.01 Å².